The van der Waals surface area contributed by atoms with Crippen molar-refractivity contribution in [2.24, 2.45) is 0 Å². The molecule has 0 spiro atoms. The minimum atomic E-state index is 0. The molecule has 5 heteroatoms. The van der Waals surface area contributed by atoms with Crippen LogP contribution in [0.1, 0.15) is 6.92 Å². The van der Waals surface area contributed by atoms with Crippen LogP contribution in [0.15, 0.2) is 36.3 Å². The molecule has 1 aromatic rings. The van der Waals surface area contributed by atoms with Gasteiger partial charge in [0.2, 0.25) is 0 Å². The highest BCUT2D eigenvalue weighted by Gasteiger charge is 2.07. The van der Waals surface area contributed by atoms with Crippen molar-refractivity contribution < 1.29 is 14.2 Å². The van der Waals surface area contributed by atoms with Gasteiger partial charge in [0.25, 0.3) is 0 Å². The minimum absolute atomic E-state index is 0. The third kappa shape index (κ3) is 4.13. The quantitative estimate of drug-likeness (QED) is 0.854. The first kappa shape index (κ1) is 14.7. The molecule has 1 N–H and O–H groups in total. The van der Waals surface area contributed by atoms with Crippen LogP contribution < -0.4 is 14.8 Å². The van der Waals surface area contributed by atoms with E-state index in [-0.39, 0.29) is 12.4 Å². The number of rotatable bonds is 4. The lowest BCUT2D eigenvalue weighted by atomic mass is 10.3. The Morgan fingerprint density at radius 2 is 2.11 bits per heavy atom. The molecule has 0 bridgehead atoms. The van der Waals surface area contributed by atoms with Crippen molar-refractivity contribution in [2.75, 3.05) is 26.3 Å². The number of benzene rings is 1. The molecule has 1 saturated heterocycles. The van der Waals surface area contributed by atoms with Gasteiger partial charge in [0.05, 0.1) is 13.2 Å². The summed E-state index contributed by atoms with van der Waals surface area (Å²) in [4.78, 5) is 0. The number of hydrogen-bond acceptors (Lipinski definition) is 4. The molecule has 0 amide bonds. The molecule has 0 saturated carbocycles. The van der Waals surface area contributed by atoms with Gasteiger partial charge in [0.15, 0.2) is 11.5 Å². The van der Waals surface area contributed by atoms with E-state index in [1.165, 1.54) is 0 Å². The van der Waals surface area contributed by atoms with E-state index >= 15 is 0 Å². The lowest BCUT2D eigenvalue weighted by Gasteiger charge is -2.17. The monoisotopic (exact) mass is 271 g/mol. The number of halogens is 1. The Hall–Kier alpha value is -1.39. The molecule has 18 heavy (non-hydrogen) atoms. The van der Waals surface area contributed by atoms with Gasteiger partial charge in [-0.3, -0.25) is 0 Å². The van der Waals surface area contributed by atoms with Gasteiger partial charge in [0, 0.05) is 6.54 Å². The fraction of sp³-hybridized carbons (Fsp3) is 0.385. The van der Waals surface area contributed by atoms with Gasteiger partial charge in [-0.1, -0.05) is 12.1 Å². The fourth-order valence-electron chi connectivity index (χ4n) is 1.54. The Morgan fingerprint density at radius 3 is 2.78 bits per heavy atom. The van der Waals surface area contributed by atoms with E-state index in [2.05, 4.69) is 5.32 Å². The molecule has 0 radical (unpaired) electrons. The second kappa shape index (κ2) is 7.84. The maximum atomic E-state index is 5.58. The predicted molar refractivity (Wildman–Crippen MR) is 72.4 cm³/mol. The van der Waals surface area contributed by atoms with Gasteiger partial charge in [-0.15, -0.1) is 12.4 Å². The van der Waals surface area contributed by atoms with Crippen molar-refractivity contribution in [3.63, 3.8) is 0 Å². The molecule has 1 fully saturated rings. The van der Waals surface area contributed by atoms with Crippen LogP contribution in [0.4, 0.5) is 0 Å². The highest BCUT2D eigenvalue weighted by Crippen LogP contribution is 2.26. The summed E-state index contributed by atoms with van der Waals surface area (Å²) < 4.78 is 16.5. The Kier molecular flexibility index (Phi) is 6.39. The van der Waals surface area contributed by atoms with Crippen molar-refractivity contribution in [3.05, 3.63) is 36.3 Å². The summed E-state index contributed by atoms with van der Waals surface area (Å²) in [5.41, 5.74) is 0. The molecule has 1 aliphatic heterocycles. The number of morpholine rings is 1. The zero-order valence-corrected chi connectivity index (χ0v) is 11.2. The summed E-state index contributed by atoms with van der Waals surface area (Å²) in [7, 11) is 0. The highest BCUT2D eigenvalue weighted by atomic mass is 35.5. The Balaban J connectivity index is 0.00000162. The molecule has 0 aliphatic carbocycles. The van der Waals surface area contributed by atoms with E-state index in [0.717, 1.165) is 18.1 Å². The predicted octanol–water partition coefficient (Wildman–Crippen LogP) is 2.35. The second-order valence-corrected chi connectivity index (χ2v) is 3.61. The lowest BCUT2D eigenvalue weighted by Crippen LogP contribution is -2.29. The summed E-state index contributed by atoms with van der Waals surface area (Å²) in [6.07, 6.45) is 1.63. The number of nitrogens with one attached hydrogen (secondary N) is 1. The summed E-state index contributed by atoms with van der Waals surface area (Å²) >= 11 is 0. The van der Waals surface area contributed by atoms with E-state index in [1.807, 2.05) is 31.2 Å². The van der Waals surface area contributed by atoms with E-state index in [4.69, 9.17) is 14.2 Å². The number of hydrogen-bond donors (Lipinski definition) is 1. The first-order valence-corrected chi connectivity index (χ1v) is 5.81. The van der Waals surface area contributed by atoms with E-state index in [0.29, 0.717) is 25.5 Å². The molecule has 0 unspecified atom stereocenters. The first-order chi connectivity index (χ1) is 8.40. The van der Waals surface area contributed by atoms with Gasteiger partial charge in [-0.2, -0.15) is 0 Å². The molecule has 0 atom stereocenters. The van der Waals surface area contributed by atoms with Crippen LogP contribution in [-0.2, 0) is 4.74 Å². The van der Waals surface area contributed by atoms with Crippen molar-refractivity contribution in [3.8, 4) is 11.5 Å². The average molecular weight is 272 g/mol. The lowest BCUT2D eigenvalue weighted by molar-refractivity contribution is 0.168. The van der Waals surface area contributed by atoms with Crippen LogP contribution in [0, 0.1) is 0 Å². The first-order valence-electron chi connectivity index (χ1n) is 5.81. The zero-order chi connectivity index (χ0) is 11.9. The Morgan fingerprint density at radius 1 is 1.33 bits per heavy atom. The summed E-state index contributed by atoms with van der Waals surface area (Å²) in [5, 5.41) is 3.21. The average Bonchev–Trinajstić information content (AvgIpc) is 2.39. The van der Waals surface area contributed by atoms with Crippen LogP contribution >= 0.6 is 12.4 Å². The van der Waals surface area contributed by atoms with E-state index in [9.17, 15) is 0 Å². The molecule has 1 heterocycles. The smallest absolute Gasteiger partial charge is 0.168 e. The zero-order valence-electron chi connectivity index (χ0n) is 10.3. The van der Waals surface area contributed by atoms with E-state index < -0.39 is 0 Å². The highest BCUT2D eigenvalue weighted by molar-refractivity contribution is 5.85. The Bertz CT molecular complexity index is 388. The topological polar surface area (TPSA) is 39.7 Å². The van der Waals surface area contributed by atoms with Crippen LogP contribution in [0.2, 0.25) is 0 Å². The molecule has 4 nitrogen and oxygen atoms in total. The molecular weight excluding hydrogens is 254 g/mol. The maximum Gasteiger partial charge on any atom is 0.168 e. The minimum Gasteiger partial charge on any atom is -0.492 e. The van der Waals surface area contributed by atoms with Gasteiger partial charge in [0.1, 0.15) is 18.6 Å². The fourth-order valence-corrected chi connectivity index (χ4v) is 1.54. The maximum absolute atomic E-state index is 5.58. The van der Waals surface area contributed by atoms with E-state index in [1.54, 1.807) is 6.26 Å². The molecular formula is C13H18ClNO3. The standard InChI is InChI=1S/C13H17NO3.ClH/c1-2-15-12-5-3-4-6-13(12)17-10-11-9-14-7-8-16-11;/h3-6,10,14H,2,7-9H2,1H3;1H. The summed E-state index contributed by atoms with van der Waals surface area (Å²) in [5.74, 6) is 2.26. The molecule has 2 rings (SSSR count). The number of para-hydroxylation sites is 2. The van der Waals surface area contributed by atoms with Crippen LogP contribution in [0.25, 0.3) is 0 Å². The van der Waals surface area contributed by atoms with Gasteiger partial charge < -0.3 is 19.5 Å². The van der Waals surface area contributed by atoms with Crippen molar-refractivity contribution >= 4 is 12.4 Å². The van der Waals surface area contributed by atoms with Gasteiger partial charge in [-0.25, -0.2) is 0 Å². The third-order valence-electron chi connectivity index (χ3n) is 2.33. The van der Waals surface area contributed by atoms with Gasteiger partial charge >= 0.3 is 0 Å². The molecule has 1 aliphatic rings. The normalized spacial score (nSPS) is 16.6. The van der Waals surface area contributed by atoms with Gasteiger partial charge in [-0.05, 0) is 19.1 Å². The summed E-state index contributed by atoms with van der Waals surface area (Å²) in [6, 6.07) is 7.59. The molecule has 0 aromatic heterocycles. The summed E-state index contributed by atoms with van der Waals surface area (Å²) in [6.45, 7) is 4.84. The van der Waals surface area contributed by atoms with Crippen LogP contribution in [0.5, 0.6) is 11.5 Å². The Labute approximate surface area is 113 Å². The largest absolute Gasteiger partial charge is 0.492 e. The van der Waals surface area contributed by atoms with Crippen LogP contribution in [0.3, 0.4) is 0 Å². The van der Waals surface area contributed by atoms with Crippen molar-refractivity contribution in [2.45, 2.75) is 6.92 Å². The van der Waals surface area contributed by atoms with Crippen molar-refractivity contribution in [1.82, 2.24) is 5.32 Å². The van der Waals surface area contributed by atoms with Crippen LogP contribution in [-0.4, -0.2) is 26.3 Å². The second-order valence-electron chi connectivity index (χ2n) is 3.61. The molecule has 1 aromatic carbocycles. The third-order valence-corrected chi connectivity index (χ3v) is 2.33. The number of ether oxygens (including phenoxy) is 3. The van der Waals surface area contributed by atoms with Crippen molar-refractivity contribution in [1.29, 1.82) is 0 Å². The molecule has 100 valence electrons. The SMILES string of the molecule is CCOc1ccccc1OC=C1CNCCO1.Cl.